The van der Waals surface area contributed by atoms with Gasteiger partial charge in [0.1, 0.15) is 10.6 Å². The minimum absolute atomic E-state index is 0.180. The Morgan fingerprint density at radius 2 is 2.00 bits per heavy atom. The number of rotatable bonds is 2. The number of thioether (sulfide) groups is 1. The standard InChI is InChI=1S/C13H12BrClN2O3S2/c14-10-6-8(15)5-9-12(10)16-7-11(13(9)18)22(19,20)17-1-3-21-4-2-17/h5-7H,1-4H2,(H,16,18). The van der Waals surface area contributed by atoms with Gasteiger partial charge in [-0.05, 0) is 28.1 Å². The number of pyridine rings is 1. The third-order valence-corrected chi connectivity index (χ3v) is 7.08. The minimum Gasteiger partial charge on any atom is -0.506 e. The normalized spacial score (nSPS) is 17.0. The molecule has 1 aliphatic heterocycles. The maximum atomic E-state index is 12.7. The van der Waals surface area contributed by atoms with E-state index in [0.29, 0.717) is 33.5 Å². The van der Waals surface area contributed by atoms with Gasteiger partial charge < -0.3 is 5.11 Å². The zero-order valence-electron chi connectivity index (χ0n) is 11.3. The maximum absolute atomic E-state index is 12.7. The van der Waals surface area contributed by atoms with Crippen molar-refractivity contribution in [1.82, 2.24) is 9.29 Å². The van der Waals surface area contributed by atoms with Crippen molar-refractivity contribution >= 4 is 60.2 Å². The van der Waals surface area contributed by atoms with Gasteiger partial charge >= 0.3 is 0 Å². The van der Waals surface area contributed by atoms with Crippen LogP contribution in [0.5, 0.6) is 5.75 Å². The molecular formula is C13H12BrClN2O3S2. The molecule has 2 heterocycles. The topological polar surface area (TPSA) is 70.5 Å². The lowest BCUT2D eigenvalue weighted by Gasteiger charge is -2.25. The van der Waals surface area contributed by atoms with E-state index >= 15 is 0 Å². The first-order valence-electron chi connectivity index (χ1n) is 6.46. The van der Waals surface area contributed by atoms with Gasteiger partial charge in [0.25, 0.3) is 0 Å². The number of fused-ring (bicyclic) bond motifs is 1. The molecule has 0 bridgehead atoms. The van der Waals surface area contributed by atoms with Crippen molar-refractivity contribution in [3.8, 4) is 5.75 Å². The molecule has 1 fully saturated rings. The second-order valence-corrected chi connectivity index (χ2v) is 9.19. The molecule has 0 unspecified atom stereocenters. The van der Waals surface area contributed by atoms with Crippen LogP contribution in [0.1, 0.15) is 0 Å². The molecule has 1 N–H and O–H groups in total. The Hall–Kier alpha value is -0.540. The summed E-state index contributed by atoms with van der Waals surface area (Å²) in [6.45, 7) is 0.868. The van der Waals surface area contributed by atoms with E-state index in [-0.39, 0.29) is 10.6 Å². The molecule has 5 nitrogen and oxygen atoms in total. The summed E-state index contributed by atoms with van der Waals surface area (Å²) in [4.78, 5) is 3.99. The summed E-state index contributed by atoms with van der Waals surface area (Å²) in [6.07, 6.45) is 1.20. The second kappa shape index (κ2) is 6.16. The van der Waals surface area contributed by atoms with Crippen LogP contribution in [0, 0.1) is 0 Å². The van der Waals surface area contributed by atoms with E-state index in [0.717, 1.165) is 11.5 Å². The molecule has 1 aliphatic rings. The lowest BCUT2D eigenvalue weighted by atomic mass is 10.2. The van der Waals surface area contributed by atoms with Gasteiger partial charge in [-0.1, -0.05) is 11.6 Å². The highest BCUT2D eigenvalue weighted by atomic mass is 79.9. The third-order valence-electron chi connectivity index (χ3n) is 3.42. The van der Waals surface area contributed by atoms with Crippen LogP contribution in [-0.2, 0) is 10.0 Å². The maximum Gasteiger partial charge on any atom is 0.248 e. The van der Waals surface area contributed by atoms with Crippen molar-refractivity contribution in [2.75, 3.05) is 24.6 Å². The summed E-state index contributed by atoms with van der Waals surface area (Å²) in [5.74, 6) is 1.18. The Morgan fingerprint density at radius 1 is 1.32 bits per heavy atom. The van der Waals surface area contributed by atoms with Gasteiger partial charge in [-0.15, -0.1) is 0 Å². The molecule has 9 heteroatoms. The SMILES string of the molecule is O=S(=O)(c1cnc2c(Br)cc(Cl)cc2c1O)N1CCSCC1. The monoisotopic (exact) mass is 422 g/mol. The fourth-order valence-corrected chi connectivity index (χ4v) is 5.84. The average Bonchev–Trinajstić information content (AvgIpc) is 2.49. The van der Waals surface area contributed by atoms with Crippen LogP contribution in [0.3, 0.4) is 0 Å². The second-order valence-electron chi connectivity index (χ2n) is 4.77. The predicted molar refractivity (Wildman–Crippen MR) is 92.2 cm³/mol. The fraction of sp³-hybridized carbons (Fsp3) is 0.308. The van der Waals surface area contributed by atoms with Crippen molar-refractivity contribution in [2.45, 2.75) is 4.90 Å². The number of aromatic hydroxyl groups is 1. The number of hydrogen-bond donors (Lipinski definition) is 1. The molecule has 0 saturated carbocycles. The van der Waals surface area contributed by atoms with Crippen LogP contribution in [-0.4, -0.2) is 47.4 Å². The largest absolute Gasteiger partial charge is 0.506 e. The summed E-state index contributed by atoms with van der Waals surface area (Å²) in [5.41, 5.74) is 0.468. The third kappa shape index (κ3) is 2.82. The molecule has 0 radical (unpaired) electrons. The van der Waals surface area contributed by atoms with Crippen molar-refractivity contribution in [2.24, 2.45) is 0 Å². The molecule has 22 heavy (non-hydrogen) atoms. The zero-order chi connectivity index (χ0) is 15.9. The van der Waals surface area contributed by atoms with E-state index in [4.69, 9.17) is 11.6 Å². The molecule has 1 saturated heterocycles. The molecule has 0 aliphatic carbocycles. The summed E-state index contributed by atoms with van der Waals surface area (Å²) < 4.78 is 27.4. The van der Waals surface area contributed by atoms with Crippen LogP contribution < -0.4 is 0 Å². The molecule has 0 amide bonds. The first-order valence-corrected chi connectivity index (χ1v) is 10.2. The number of sulfonamides is 1. The van der Waals surface area contributed by atoms with Crippen LogP contribution in [0.15, 0.2) is 27.7 Å². The minimum atomic E-state index is -3.76. The predicted octanol–water partition coefficient (Wildman–Crippen LogP) is 3.09. The van der Waals surface area contributed by atoms with Crippen LogP contribution in [0.2, 0.25) is 5.02 Å². The smallest absolute Gasteiger partial charge is 0.248 e. The van der Waals surface area contributed by atoms with Gasteiger partial charge in [0.05, 0.1) is 11.7 Å². The number of benzene rings is 1. The lowest BCUT2D eigenvalue weighted by Crippen LogP contribution is -2.37. The van der Waals surface area contributed by atoms with Gasteiger partial charge in [-0.25, -0.2) is 8.42 Å². The van der Waals surface area contributed by atoms with Crippen LogP contribution in [0.4, 0.5) is 0 Å². The molecule has 0 spiro atoms. The first-order chi connectivity index (χ1) is 10.4. The van der Waals surface area contributed by atoms with E-state index in [2.05, 4.69) is 20.9 Å². The van der Waals surface area contributed by atoms with Crippen molar-refractivity contribution < 1.29 is 13.5 Å². The average molecular weight is 424 g/mol. The Kier molecular flexibility index (Phi) is 4.57. The summed E-state index contributed by atoms with van der Waals surface area (Å²) in [7, 11) is -3.76. The summed E-state index contributed by atoms with van der Waals surface area (Å²) in [5, 5.41) is 11.1. The highest BCUT2D eigenvalue weighted by Gasteiger charge is 2.30. The number of hydrogen-bond acceptors (Lipinski definition) is 5. The van der Waals surface area contributed by atoms with Crippen LogP contribution in [0.25, 0.3) is 10.9 Å². The van der Waals surface area contributed by atoms with E-state index in [1.807, 2.05) is 0 Å². The molecule has 1 aromatic carbocycles. The van der Waals surface area contributed by atoms with Gasteiger partial charge in [0.2, 0.25) is 10.0 Å². The van der Waals surface area contributed by atoms with E-state index in [1.165, 1.54) is 16.6 Å². The number of halogens is 2. The number of aromatic nitrogens is 1. The van der Waals surface area contributed by atoms with Crippen molar-refractivity contribution in [3.63, 3.8) is 0 Å². The Labute approximate surface area is 145 Å². The zero-order valence-corrected chi connectivity index (χ0v) is 15.3. The molecule has 0 atom stereocenters. The van der Waals surface area contributed by atoms with E-state index in [9.17, 15) is 13.5 Å². The quantitative estimate of drug-likeness (QED) is 0.804. The lowest BCUT2D eigenvalue weighted by molar-refractivity contribution is 0.429. The fourth-order valence-electron chi connectivity index (χ4n) is 2.31. The van der Waals surface area contributed by atoms with Gasteiger partial charge in [0, 0.05) is 39.5 Å². The highest BCUT2D eigenvalue weighted by molar-refractivity contribution is 9.10. The van der Waals surface area contributed by atoms with Gasteiger partial charge in [0.15, 0.2) is 0 Å². The molecule has 118 valence electrons. The van der Waals surface area contributed by atoms with Crippen molar-refractivity contribution in [3.05, 3.63) is 27.8 Å². The van der Waals surface area contributed by atoms with E-state index < -0.39 is 10.0 Å². The molecule has 2 aromatic rings. The summed E-state index contributed by atoms with van der Waals surface area (Å²) in [6, 6.07) is 3.15. The highest BCUT2D eigenvalue weighted by Crippen LogP contribution is 2.37. The Bertz CT molecular complexity index is 839. The van der Waals surface area contributed by atoms with Gasteiger partial charge in [-0.3, -0.25) is 4.98 Å². The van der Waals surface area contributed by atoms with E-state index in [1.54, 1.807) is 17.8 Å². The molecule has 1 aromatic heterocycles. The first kappa shape index (κ1) is 16.3. The Morgan fingerprint density at radius 3 is 2.68 bits per heavy atom. The summed E-state index contributed by atoms with van der Waals surface area (Å²) >= 11 is 11.0. The molecular weight excluding hydrogens is 412 g/mol. The number of nitrogens with zero attached hydrogens (tertiary/aromatic N) is 2. The van der Waals surface area contributed by atoms with Crippen molar-refractivity contribution in [1.29, 1.82) is 0 Å². The van der Waals surface area contributed by atoms with Crippen LogP contribution >= 0.6 is 39.3 Å². The van der Waals surface area contributed by atoms with Gasteiger partial charge in [-0.2, -0.15) is 16.1 Å². The molecule has 3 rings (SSSR count). The Balaban J connectivity index is 2.17.